The van der Waals surface area contributed by atoms with E-state index in [1.165, 1.54) is 38.8 Å². The fraction of sp³-hybridized carbons (Fsp3) is 1.00. The second kappa shape index (κ2) is 5.28. The van der Waals surface area contributed by atoms with Crippen molar-refractivity contribution >= 4 is 0 Å². The lowest BCUT2D eigenvalue weighted by atomic mass is 9.86. The number of aliphatic hydroxyl groups is 1. The SMILES string of the molecule is CN1CCC(NCC2CCCCC2O)C1. The van der Waals surface area contributed by atoms with E-state index >= 15 is 0 Å². The Hall–Kier alpha value is -0.120. The van der Waals surface area contributed by atoms with Crippen molar-refractivity contribution in [3.63, 3.8) is 0 Å². The summed E-state index contributed by atoms with van der Waals surface area (Å²) < 4.78 is 0. The van der Waals surface area contributed by atoms with Crippen LogP contribution in [0.1, 0.15) is 32.1 Å². The molecule has 1 heterocycles. The van der Waals surface area contributed by atoms with Crippen molar-refractivity contribution in [3.8, 4) is 0 Å². The van der Waals surface area contributed by atoms with E-state index in [1.807, 2.05) is 0 Å². The summed E-state index contributed by atoms with van der Waals surface area (Å²) in [5, 5.41) is 13.5. The van der Waals surface area contributed by atoms with Crippen LogP contribution in [0.4, 0.5) is 0 Å². The van der Waals surface area contributed by atoms with Crippen molar-refractivity contribution in [2.75, 3.05) is 26.7 Å². The molecular formula is C12H24N2O. The van der Waals surface area contributed by atoms with Crippen molar-refractivity contribution in [2.45, 2.75) is 44.2 Å². The average Bonchev–Trinajstić information content (AvgIpc) is 2.63. The van der Waals surface area contributed by atoms with E-state index in [4.69, 9.17) is 0 Å². The monoisotopic (exact) mass is 212 g/mol. The van der Waals surface area contributed by atoms with Gasteiger partial charge in [-0.1, -0.05) is 12.8 Å². The molecule has 1 saturated carbocycles. The van der Waals surface area contributed by atoms with Gasteiger partial charge < -0.3 is 15.3 Å². The second-order valence-electron chi connectivity index (χ2n) is 5.27. The van der Waals surface area contributed by atoms with Gasteiger partial charge >= 0.3 is 0 Å². The minimum atomic E-state index is -0.0506. The topological polar surface area (TPSA) is 35.5 Å². The Kier molecular flexibility index (Phi) is 4.00. The van der Waals surface area contributed by atoms with Crippen molar-refractivity contribution < 1.29 is 5.11 Å². The molecule has 3 unspecified atom stereocenters. The lowest BCUT2D eigenvalue weighted by Crippen LogP contribution is -2.39. The Balaban J connectivity index is 1.68. The van der Waals surface area contributed by atoms with E-state index in [9.17, 15) is 5.11 Å². The lowest BCUT2D eigenvalue weighted by molar-refractivity contribution is 0.0683. The molecule has 1 aliphatic heterocycles. The highest BCUT2D eigenvalue weighted by Gasteiger charge is 2.25. The van der Waals surface area contributed by atoms with E-state index in [1.54, 1.807) is 0 Å². The third-order valence-electron chi connectivity index (χ3n) is 3.93. The van der Waals surface area contributed by atoms with Gasteiger partial charge in [-0.25, -0.2) is 0 Å². The van der Waals surface area contributed by atoms with E-state index in [-0.39, 0.29) is 6.10 Å². The number of likely N-dealkylation sites (N-methyl/N-ethyl adjacent to an activating group) is 1. The summed E-state index contributed by atoms with van der Waals surface area (Å²) in [5.41, 5.74) is 0. The van der Waals surface area contributed by atoms with Gasteiger partial charge in [0.05, 0.1) is 6.10 Å². The Labute approximate surface area is 92.8 Å². The van der Waals surface area contributed by atoms with Crippen molar-refractivity contribution in [1.82, 2.24) is 10.2 Å². The molecular weight excluding hydrogens is 188 g/mol. The highest BCUT2D eigenvalue weighted by molar-refractivity contribution is 4.82. The van der Waals surface area contributed by atoms with Crippen molar-refractivity contribution in [3.05, 3.63) is 0 Å². The molecule has 3 atom stereocenters. The number of aliphatic hydroxyl groups excluding tert-OH is 1. The summed E-state index contributed by atoms with van der Waals surface area (Å²) in [5.74, 6) is 0.504. The van der Waals surface area contributed by atoms with Gasteiger partial charge in [-0.2, -0.15) is 0 Å². The Morgan fingerprint density at radius 2 is 2.07 bits per heavy atom. The normalized spacial score (nSPS) is 38.4. The molecule has 0 radical (unpaired) electrons. The number of nitrogens with one attached hydrogen (secondary N) is 1. The summed E-state index contributed by atoms with van der Waals surface area (Å²) in [4.78, 5) is 2.37. The molecule has 1 aliphatic carbocycles. The second-order valence-corrected chi connectivity index (χ2v) is 5.27. The van der Waals surface area contributed by atoms with Crippen LogP contribution in [0.2, 0.25) is 0 Å². The van der Waals surface area contributed by atoms with Crippen molar-refractivity contribution in [1.29, 1.82) is 0 Å². The van der Waals surface area contributed by atoms with Crippen LogP contribution >= 0.6 is 0 Å². The lowest BCUT2D eigenvalue weighted by Gasteiger charge is -2.28. The largest absolute Gasteiger partial charge is 0.393 e. The molecule has 88 valence electrons. The quantitative estimate of drug-likeness (QED) is 0.727. The molecule has 1 saturated heterocycles. The van der Waals surface area contributed by atoms with Gasteiger partial charge in [0.25, 0.3) is 0 Å². The zero-order chi connectivity index (χ0) is 10.7. The van der Waals surface area contributed by atoms with Crippen LogP contribution in [-0.4, -0.2) is 48.8 Å². The molecule has 15 heavy (non-hydrogen) atoms. The van der Waals surface area contributed by atoms with Crippen LogP contribution in [-0.2, 0) is 0 Å². The zero-order valence-corrected chi connectivity index (χ0v) is 9.78. The smallest absolute Gasteiger partial charge is 0.0580 e. The van der Waals surface area contributed by atoms with E-state index in [0.29, 0.717) is 12.0 Å². The van der Waals surface area contributed by atoms with Crippen LogP contribution in [0.15, 0.2) is 0 Å². The van der Waals surface area contributed by atoms with Crippen LogP contribution in [0.25, 0.3) is 0 Å². The summed E-state index contributed by atoms with van der Waals surface area (Å²) in [6.07, 6.45) is 5.94. The highest BCUT2D eigenvalue weighted by atomic mass is 16.3. The first-order valence-electron chi connectivity index (χ1n) is 6.35. The third-order valence-corrected chi connectivity index (χ3v) is 3.93. The maximum absolute atomic E-state index is 9.84. The standard InChI is InChI=1S/C12H24N2O/c1-14-7-6-11(9-14)13-8-10-4-2-3-5-12(10)15/h10-13,15H,2-9H2,1H3. The predicted molar refractivity (Wildman–Crippen MR) is 61.9 cm³/mol. The number of rotatable bonds is 3. The summed E-state index contributed by atoms with van der Waals surface area (Å²) in [7, 11) is 2.18. The molecule has 2 rings (SSSR count). The number of hydrogen-bond donors (Lipinski definition) is 2. The maximum Gasteiger partial charge on any atom is 0.0580 e. The predicted octanol–water partition coefficient (Wildman–Crippen LogP) is 0.831. The number of hydrogen-bond acceptors (Lipinski definition) is 3. The summed E-state index contributed by atoms with van der Waals surface area (Å²) in [6.45, 7) is 3.40. The molecule has 2 N–H and O–H groups in total. The van der Waals surface area contributed by atoms with Crippen molar-refractivity contribution in [2.24, 2.45) is 5.92 Å². The first-order chi connectivity index (χ1) is 7.25. The summed E-state index contributed by atoms with van der Waals surface area (Å²) in [6, 6.07) is 0.657. The van der Waals surface area contributed by atoms with E-state index < -0.39 is 0 Å². The van der Waals surface area contributed by atoms with E-state index in [2.05, 4.69) is 17.3 Å². The molecule has 3 nitrogen and oxygen atoms in total. The molecule has 0 aromatic carbocycles. The molecule has 0 aromatic heterocycles. The van der Waals surface area contributed by atoms with Crippen LogP contribution < -0.4 is 5.32 Å². The van der Waals surface area contributed by atoms with Gasteiger partial charge in [0.1, 0.15) is 0 Å². The Bertz CT molecular complexity index is 198. The molecule has 0 amide bonds. The van der Waals surface area contributed by atoms with Crippen LogP contribution in [0.5, 0.6) is 0 Å². The van der Waals surface area contributed by atoms with Gasteiger partial charge in [-0.05, 0) is 38.8 Å². The zero-order valence-electron chi connectivity index (χ0n) is 9.78. The number of likely N-dealkylation sites (tertiary alicyclic amines) is 1. The Morgan fingerprint density at radius 3 is 2.73 bits per heavy atom. The highest BCUT2D eigenvalue weighted by Crippen LogP contribution is 2.23. The van der Waals surface area contributed by atoms with E-state index in [0.717, 1.165) is 13.0 Å². The minimum Gasteiger partial charge on any atom is -0.393 e. The molecule has 2 fully saturated rings. The van der Waals surface area contributed by atoms with Crippen LogP contribution in [0, 0.1) is 5.92 Å². The maximum atomic E-state index is 9.84. The van der Waals surface area contributed by atoms with Gasteiger partial charge in [0.2, 0.25) is 0 Å². The fourth-order valence-corrected chi connectivity index (χ4v) is 2.85. The van der Waals surface area contributed by atoms with Gasteiger partial charge in [-0.3, -0.25) is 0 Å². The fourth-order valence-electron chi connectivity index (χ4n) is 2.85. The third kappa shape index (κ3) is 3.16. The molecule has 2 aliphatic rings. The van der Waals surface area contributed by atoms with Crippen LogP contribution in [0.3, 0.4) is 0 Å². The molecule has 0 spiro atoms. The first kappa shape index (κ1) is 11.4. The van der Waals surface area contributed by atoms with Gasteiger partial charge in [0.15, 0.2) is 0 Å². The van der Waals surface area contributed by atoms with Gasteiger partial charge in [-0.15, -0.1) is 0 Å². The molecule has 3 heteroatoms. The molecule has 0 bridgehead atoms. The summed E-state index contributed by atoms with van der Waals surface area (Å²) >= 11 is 0. The molecule has 0 aromatic rings. The minimum absolute atomic E-state index is 0.0506. The van der Waals surface area contributed by atoms with Gasteiger partial charge in [0, 0.05) is 19.1 Å². The Morgan fingerprint density at radius 1 is 1.27 bits per heavy atom. The number of nitrogens with zero attached hydrogens (tertiary/aromatic N) is 1. The average molecular weight is 212 g/mol. The first-order valence-corrected chi connectivity index (χ1v) is 6.35.